The summed E-state index contributed by atoms with van der Waals surface area (Å²) in [7, 11) is 0. The number of carbonyl (C=O) groups is 1. The minimum Gasteiger partial charge on any atom is -0.493 e. The van der Waals surface area contributed by atoms with Crippen LogP contribution >= 0.6 is 11.6 Å². The predicted molar refractivity (Wildman–Crippen MR) is 63.3 cm³/mol. The first kappa shape index (κ1) is 12.6. The summed E-state index contributed by atoms with van der Waals surface area (Å²) in [6.07, 6.45) is 0.762. The van der Waals surface area contributed by atoms with Crippen LogP contribution in [0.15, 0.2) is 30.4 Å². The summed E-state index contributed by atoms with van der Waals surface area (Å²) in [5.41, 5.74) is 1.11. The van der Waals surface area contributed by atoms with Gasteiger partial charge >= 0.3 is 5.97 Å². The number of ether oxygens (including phenoxy) is 1. The van der Waals surface area contributed by atoms with E-state index in [1.165, 1.54) is 12.1 Å². The van der Waals surface area contributed by atoms with Gasteiger partial charge in [0.1, 0.15) is 5.75 Å². The van der Waals surface area contributed by atoms with E-state index < -0.39 is 5.97 Å². The Balaban J connectivity index is 2.66. The van der Waals surface area contributed by atoms with Crippen molar-refractivity contribution in [2.24, 2.45) is 0 Å². The highest BCUT2D eigenvalue weighted by Crippen LogP contribution is 2.22. The van der Waals surface area contributed by atoms with E-state index in [9.17, 15) is 4.79 Å². The topological polar surface area (TPSA) is 46.5 Å². The van der Waals surface area contributed by atoms with Gasteiger partial charge in [-0.15, -0.1) is 6.58 Å². The molecule has 1 N–H and O–H groups in total. The molecule has 0 aliphatic carbocycles. The van der Waals surface area contributed by atoms with Gasteiger partial charge in [-0.25, -0.2) is 4.79 Å². The summed E-state index contributed by atoms with van der Waals surface area (Å²) in [5, 5.41) is 8.95. The zero-order valence-corrected chi connectivity index (χ0v) is 9.75. The third-order valence-electron chi connectivity index (χ3n) is 1.97. The molecule has 1 aromatic rings. The van der Waals surface area contributed by atoms with Crippen molar-refractivity contribution in [3.05, 3.63) is 40.9 Å². The van der Waals surface area contributed by atoms with E-state index >= 15 is 0 Å². The molecular weight excluding hydrogens is 228 g/mol. The molecule has 3 nitrogen and oxygen atoms in total. The molecule has 0 aliphatic rings. The molecule has 0 spiro atoms. The lowest BCUT2D eigenvalue weighted by atomic mass is 10.2. The molecule has 16 heavy (non-hydrogen) atoms. The van der Waals surface area contributed by atoms with Crippen LogP contribution in [0.3, 0.4) is 0 Å². The third kappa shape index (κ3) is 3.59. The summed E-state index contributed by atoms with van der Waals surface area (Å²) >= 11 is 5.79. The zero-order valence-electron chi connectivity index (χ0n) is 9.00. The van der Waals surface area contributed by atoms with Crippen LogP contribution < -0.4 is 4.74 Å². The molecule has 0 saturated heterocycles. The van der Waals surface area contributed by atoms with Crippen LogP contribution in [0.5, 0.6) is 5.75 Å². The van der Waals surface area contributed by atoms with Gasteiger partial charge in [-0.1, -0.05) is 17.2 Å². The maximum absolute atomic E-state index is 10.7. The number of hydrogen-bond acceptors (Lipinski definition) is 2. The van der Waals surface area contributed by atoms with Gasteiger partial charge in [-0.05, 0) is 25.1 Å². The minimum absolute atomic E-state index is 0.0777. The number of rotatable bonds is 5. The van der Waals surface area contributed by atoms with E-state index in [2.05, 4.69) is 6.58 Å². The average molecular weight is 241 g/mol. The third-order valence-corrected chi connectivity index (χ3v) is 2.28. The fourth-order valence-corrected chi connectivity index (χ4v) is 1.35. The summed E-state index contributed by atoms with van der Waals surface area (Å²) in [4.78, 5) is 10.7. The van der Waals surface area contributed by atoms with E-state index in [4.69, 9.17) is 21.4 Å². The van der Waals surface area contributed by atoms with Crippen LogP contribution in [-0.4, -0.2) is 17.7 Å². The summed E-state index contributed by atoms with van der Waals surface area (Å²) in [6, 6.07) is 4.53. The molecule has 1 aromatic carbocycles. The van der Waals surface area contributed by atoms with Gasteiger partial charge in [0.15, 0.2) is 0 Å². The van der Waals surface area contributed by atoms with Crippen molar-refractivity contribution >= 4 is 17.6 Å². The Morgan fingerprint density at radius 2 is 2.25 bits per heavy atom. The molecule has 0 unspecified atom stereocenters. The van der Waals surface area contributed by atoms with Crippen LogP contribution in [0.2, 0.25) is 5.02 Å². The van der Waals surface area contributed by atoms with Gasteiger partial charge in [0.05, 0.1) is 17.2 Å². The quantitative estimate of drug-likeness (QED) is 0.803. The zero-order chi connectivity index (χ0) is 12.1. The average Bonchev–Trinajstić information content (AvgIpc) is 2.16. The highest BCUT2D eigenvalue weighted by molar-refractivity contribution is 6.33. The van der Waals surface area contributed by atoms with Gasteiger partial charge in [0.25, 0.3) is 0 Å². The Kier molecular flexibility index (Phi) is 4.38. The molecule has 4 heteroatoms. The second kappa shape index (κ2) is 5.56. The van der Waals surface area contributed by atoms with E-state index in [1.807, 2.05) is 6.92 Å². The SMILES string of the molecule is C=C(C)CCOc1ccc(C(=O)O)c(Cl)c1. The second-order valence-electron chi connectivity index (χ2n) is 3.50. The molecule has 0 amide bonds. The lowest BCUT2D eigenvalue weighted by Gasteiger charge is -2.07. The highest BCUT2D eigenvalue weighted by atomic mass is 35.5. The molecule has 0 aromatic heterocycles. The molecule has 0 fully saturated rings. The van der Waals surface area contributed by atoms with Gasteiger partial charge in [-0.2, -0.15) is 0 Å². The van der Waals surface area contributed by atoms with Gasteiger partial charge in [0, 0.05) is 6.42 Å². The number of halogens is 1. The summed E-state index contributed by atoms with van der Waals surface area (Å²) < 4.78 is 5.39. The van der Waals surface area contributed by atoms with Gasteiger partial charge < -0.3 is 9.84 Å². The standard InChI is InChI=1S/C12H13ClO3/c1-8(2)5-6-16-9-3-4-10(12(14)15)11(13)7-9/h3-4,7H,1,5-6H2,2H3,(H,14,15). The van der Waals surface area contributed by atoms with E-state index in [0.29, 0.717) is 12.4 Å². The summed E-state index contributed by atoms with van der Waals surface area (Å²) in [5.74, 6) is -0.477. The van der Waals surface area contributed by atoms with Crippen LogP contribution in [-0.2, 0) is 0 Å². The number of carboxylic acid groups (broad SMARTS) is 1. The van der Waals surface area contributed by atoms with Crippen molar-refractivity contribution in [2.45, 2.75) is 13.3 Å². The fourth-order valence-electron chi connectivity index (χ4n) is 1.10. The van der Waals surface area contributed by atoms with Crippen molar-refractivity contribution in [1.29, 1.82) is 0 Å². The first-order chi connectivity index (χ1) is 7.50. The first-order valence-corrected chi connectivity index (χ1v) is 5.18. The van der Waals surface area contributed by atoms with Crippen molar-refractivity contribution in [1.82, 2.24) is 0 Å². The monoisotopic (exact) mass is 240 g/mol. The predicted octanol–water partition coefficient (Wildman–Crippen LogP) is 3.38. The molecular formula is C12H13ClO3. The largest absolute Gasteiger partial charge is 0.493 e. The normalized spacial score (nSPS) is 9.88. The molecule has 0 aliphatic heterocycles. The minimum atomic E-state index is -1.04. The van der Waals surface area contributed by atoms with Gasteiger partial charge in [-0.3, -0.25) is 0 Å². The Morgan fingerprint density at radius 1 is 1.56 bits per heavy atom. The van der Waals surface area contributed by atoms with E-state index in [1.54, 1.807) is 6.07 Å². The number of carboxylic acids is 1. The lowest BCUT2D eigenvalue weighted by Crippen LogP contribution is -2.00. The van der Waals surface area contributed by atoms with Crippen LogP contribution in [0, 0.1) is 0 Å². The van der Waals surface area contributed by atoms with Crippen molar-refractivity contribution in [2.75, 3.05) is 6.61 Å². The number of aromatic carboxylic acids is 1. The van der Waals surface area contributed by atoms with Crippen LogP contribution in [0.4, 0.5) is 0 Å². The Hall–Kier alpha value is -1.48. The molecule has 0 saturated carbocycles. The van der Waals surface area contributed by atoms with Crippen molar-refractivity contribution in [3.63, 3.8) is 0 Å². The molecule has 86 valence electrons. The maximum atomic E-state index is 10.7. The molecule has 0 radical (unpaired) electrons. The maximum Gasteiger partial charge on any atom is 0.337 e. The Morgan fingerprint density at radius 3 is 2.75 bits per heavy atom. The van der Waals surface area contributed by atoms with E-state index in [0.717, 1.165) is 12.0 Å². The fraction of sp³-hybridized carbons (Fsp3) is 0.250. The molecule has 1 rings (SSSR count). The van der Waals surface area contributed by atoms with Crippen molar-refractivity contribution < 1.29 is 14.6 Å². The summed E-state index contributed by atoms with van der Waals surface area (Å²) in [6.45, 7) is 6.19. The molecule has 0 heterocycles. The Labute approximate surface area is 99.3 Å². The van der Waals surface area contributed by atoms with E-state index in [-0.39, 0.29) is 10.6 Å². The van der Waals surface area contributed by atoms with Crippen LogP contribution in [0.1, 0.15) is 23.7 Å². The molecule has 0 bridgehead atoms. The van der Waals surface area contributed by atoms with Gasteiger partial charge in [0.2, 0.25) is 0 Å². The number of benzene rings is 1. The Bertz CT molecular complexity index is 413. The molecule has 0 atom stereocenters. The second-order valence-corrected chi connectivity index (χ2v) is 3.91. The van der Waals surface area contributed by atoms with Crippen LogP contribution in [0.25, 0.3) is 0 Å². The number of hydrogen-bond donors (Lipinski definition) is 1. The highest BCUT2D eigenvalue weighted by Gasteiger charge is 2.09. The first-order valence-electron chi connectivity index (χ1n) is 4.80. The lowest BCUT2D eigenvalue weighted by molar-refractivity contribution is 0.0697. The smallest absolute Gasteiger partial charge is 0.337 e. The van der Waals surface area contributed by atoms with Crippen molar-refractivity contribution in [3.8, 4) is 5.75 Å².